The predicted octanol–water partition coefficient (Wildman–Crippen LogP) is 3.20. The molecule has 3 aromatic rings. The third kappa shape index (κ3) is 2.27. The first-order chi connectivity index (χ1) is 16.6. The van der Waals surface area contributed by atoms with E-state index in [1.165, 1.54) is 34.9 Å². The molecule has 2 bridgehead atoms. The summed E-state index contributed by atoms with van der Waals surface area (Å²) in [6, 6.07) is 12.8. The van der Waals surface area contributed by atoms with Gasteiger partial charge >= 0.3 is 0 Å². The molecule has 34 heavy (non-hydrogen) atoms. The fraction of sp³-hybridized carbons (Fsp3) is 0.500. The second kappa shape index (κ2) is 6.56. The van der Waals surface area contributed by atoms with Crippen LogP contribution in [0.4, 0.5) is 0 Å². The van der Waals surface area contributed by atoms with E-state index in [1.54, 1.807) is 0 Å². The number of likely N-dealkylation sites (tertiary alicyclic amines) is 1. The number of nitrogens with one attached hydrogen (secondary N) is 1. The van der Waals surface area contributed by atoms with Gasteiger partial charge in [-0.2, -0.15) is 0 Å². The maximum absolute atomic E-state index is 12.9. The van der Waals surface area contributed by atoms with E-state index >= 15 is 0 Å². The molecule has 1 spiro atoms. The van der Waals surface area contributed by atoms with Crippen LogP contribution >= 0.6 is 0 Å². The van der Waals surface area contributed by atoms with Gasteiger partial charge in [-0.05, 0) is 61.4 Å². The largest absolute Gasteiger partial charge is 0.488 e. The molecule has 4 atom stereocenters. The summed E-state index contributed by atoms with van der Waals surface area (Å²) in [6.07, 6.45) is 4.83. The molecule has 1 aromatic heterocycles. The number of benzene rings is 2. The van der Waals surface area contributed by atoms with Gasteiger partial charge in [0.05, 0.1) is 16.7 Å². The zero-order chi connectivity index (χ0) is 22.7. The Labute approximate surface area is 199 Å². The molecule has 3 heterocycles. The Morgan fingerprint density at radius 1 is 1.21 bits per heavy atom. The van der Waals surface area contributed by atoms with Crippen molar-refractivity contribution in [1.82, 2.24) is 9.88 Å². The normalized spacial score (nSPS) is 32.9. The van der Waals surface area contributed by atoms with Crippen molar-refractivity contribution < 1.29 is 14.6 Å². The molecule has 2 aromatic carbocycles. The van der Waals surface area contributed by atoms with E-state index in [1.807, 2.05) is 0 Å². The van der Waals surface area contributed by atoms with Crippen molar-refractivity contribution in [3.05, 3.63) is 58.8 Å². The molecule has 6 heteroatoms. The van der Waals surface area contributed by atoms with Gasteiger partial charge in [0, 0.05) is 42.0 Å². The summed E-state index contributed by atoms with van der Waals surface area (Å²) in [5.41, 5.74) is 10.4. The lowest BCUT2D eigenvalue weighted by Gasteiger charge is -2.62. The van der Waals surface area contributed by atoms with Crippen LogP contribution in [0.3, 0.4) is 0 Å². The fourth-order valence-electron chi connectivity index (χ4n) is 7.85. The molecule has 2 fully saturated rings. The molecular formula is C28H31N3O3. The standard InChI is InChI=1S/C28H31N3O3/c29-10-12-33-21-8-7-17-13-22-28(32)14-19-18-3-1-2-4-20(18)30-24(19)26-27(28,23(17)25(21)34-26)9-11-31(22)15-16-5-6-16/h1-4,7-8,16,22,26,30,32H,5-6,9-15,29H2/t22-,26+,27+,28-/m1/s1. The maximum Gasteiger partial charge on any atom is 0.166 e. The molecule has 1 saturated carbocycles. The minimum absolute atomic E-state index is 0.101. The monoisotopic (exact) mass is 457 g/mol. The molecule has 0 amide bonds. The number of hydrogen-bond donors (Lipinski definition) is 3. The van der Waals surface area contributed by atoms with Crippen molar-refractivity contribution in [3.8, 4) is 11.5 Å². The molecule has 0 radical (unpaired) electrons. The van der Waals surface area contributed by atoms with Gasteiger partial charge in [-0.3, -0.25) is 4.90 Å². The molecule has 2 aliphatic heterocycles. The number of fused-ring (bicyclic) bond motifs is 4. The summed E-state index contributed by atoms with van der Waals surface area (Å²) in [4.78, 5) is 6.32. The summed E-state index contributed by atoms with van der Waals surface area (Å²) in [5, 5.41) is 14.1. The Morgan fingerprint density at radius 3 is 2.94 bits per heavy atom. The third-order valence-corrected chi connectivity index (χ3v) is 9.43. The van der Waals surface area contributed by atoms with Crippen molar-refractivity contribution in [2.75, 3.05) is 26.2 Å². The van der Waals surface area contributed by atoms with Crippen LogP contribution in [0.2, 0.25) is 0 Å². The average Bonchev–Trinajstić information content (AvgIpc) is 3.48. The van der Waals surface area contributed by atoms with Crippen molar-refractivity contribution in [3.63, 3.8) is 0 Å². The fourth-order valence-corrected chi connectivity index (χ4v) is 7.85. The second-order valence-electron chi connectivity index (χ2n) is 11.1. The smallest absolute Gasteiger partial charge is 0.166 e. The number of aromatic nitrogens is 1. The van der Waals surface area contributed by atoms with Gasteiger partial charge in [0.15, 0.2) is 17.6 Å². The lowest BCUT2D eigenvalue weighted by Crippen LogP contribution is -2.74. The summed E-state index contributed by atoms with van der Waals surface area (Å²) in [6.45, 7) is 3.02. The van der Waals surface area contributed by atoms with E-state index in [2.05, 4.69) is 46.3 Å². The summed E-state index contributed by atoms with van der Waals surface area (Å²) < 4.78 is 12.9. The van der Waals surface area contributed by atoms with Crippen LogP contribution in [-0.4, -0.2) is 52.9 Å². The van der Waals surface area contributed by atoms with Crippen LogP contribution in [0, 0.1) is 5.92 Å². The minimum Gasteiger partial charge on any atom is -0.488 e. The number of piperidine rings is 1. The number of rotatable bonds is 5. The quantitative estimate of drug-likeness (QED) is 0.548. The minimum atomic E-state index is -0.881. The van der Waals surface area contributed by atoms with Gasteiger partial charge in [-0.25, -0.2) is 0 Å². The first-order valence-corrected chi connectivity index (χ1v) is 12.9. The van der Waals surface area contributed by atoms with Crippen LogP contribution in [-0.2, 0) is 18.3 Å². The van der Waals surface area contributed by atoms with Gasteiger partial charge in [-0.15, -0.1) is 0 Å². The highest BCUT2D eigenvalue weighted by Crippen LogP contribution is 2.69. The second-order valence-corrected chi connectivity index (χ2v) is 11.1. The highest BCUT2D eigenvalue weighted by atomic mass is 16.5. The molecule has 8 rings (SSSR count). The third-order valence-electron chi connectivity index (χ3n) is 9.43. The zero-order valence-corrected chi connectivity index (χ0v) is 19.3. The first kappa shape index (κ1) is 19.7. The predicted molar refractivity (Wildman–Crippen MR) is 129 cm³/mol. The van der Waals surface area contributed by atoms with Crippen molar-refractivity contribution in [1.29, 1.82) is 0 Å². The van der Waals surface area contributed by atoms with E-state index in [4.69, 9.17) is 15.2 Å². The Balaban J connectivity index is 1.38. The number of ether oxygens (including phenoxy) is 2. The molecule has 3 aliphatic carbocycles. The van der Waals surface area contributed by atoms with Gasteiger partial charge < -0.3 is 25.3 Å². The zero-order valence-electron chi connectivity index (χ0n) is 19.3. The van der Waals surface area contributed by atoms with E-state index < -0.39 is 11.0 Å². The van der Waals surface area contributed by atoms with E-state index in [9.17, 15) is 5.11 Å². The number of aromatic amines is 1. The SMILES string of the molecule is NCCOc1ccc2c3c1O[C@H]1c4[nH]c5ccccc5c4C[C@@]4(O)[C@@H](C2)N(CC2CC2)CC[C@]314. The van der Waals surface area contributed by atoms with E-state index in [-0.39, 0.29) is 12.1 Å². The number of para-hydroxylation sites is 1. The Hall–Kier alpha value is -2.54. The number of nitrogens with two attached hydrogens (primary N) is 1. The Bertz CT molecular complexity index is 1330. The van der Waals surface area contributed by atoms with Gasteiger partial charge in [0.25, 0.3) is 0 Å². The van der Waals surface area contributed by atoms with Crippen molar-refractivity contribution in [2.24, 2.45) is 11.7 Å². The molecule has 6 nitrogen and oxygen atoms in total. The molecule has 4 N–H and O–H groups in total. The van der Waals surface area contributed by atoms with E-state index in [0.29, 0.717) is 19.6 Å². The summed E-state index contributed by atoms with van der Waals surface area (Å²) >= 11 is 0. The Kier molecular flexibility index (Phi) is 3.81. The van der Waals surface area contributed by atoms with Gasteiger partial charge in [0.2, 0.25) is 0 Å². The van der Waals surface area contributed by atoms with Crippen LogP contribution < -0.4 is 15.2 Å². The van der Waals surface area contributed by atoms with Crippen LogP contribution in [0.25, 0.3) is 10.9 Å². The summed E-state index contributed by atoms with van der Waals surface area (Å²) in [5.74, 6) is 2.38. The topological polar surface area (TPSA) is 83.7 Å². The summed E-state index contributed by atoms with van der Waals surface area (Å²) in [7, 11) is 0. The van der Waals surface area contributed by atoms with Gasteiger partial charge in [-0.1, -0.05) is 24.3 Å². The Morgan fingerprint density at radius 2 is 2.09 bits per heavy atom. The average molecular weight is 458 g/mol. The van der Waals surface area contributed by atoms with E-state index in [0.717, 1.165) is 54.6 Å². The highest BCUT2D eigenvalue weighted by molar-refractivity contribution is 5.86. The number of H-pyrrole nitrogens is 1. The molecule has 5 aliphatic rings. The number of aliphatic hydroxyl groups is 1. The molecule has 176 valence electrons. The maximum atomic E-state index is 12.9. The van der Waals surface area contributed by atoms with Crippen LogP contribution in [0.5, 0.6) is 11.5 Å². The molecule has 0 unspecified atom stereocenters. The van der Waals surface area contributed by atoms with Crippen molar-refractivity contribution >= 4 is 10.9 Å². The lowest BCUT2D eigenvalue weighted by atomic mass is 9.49. The molecule has 1 saturated heterocycles. The first-order valence-electron chi connectivity index (χ1n) is 12.9. The van der Waals surface area contributed by atoms with Crippen LogP contribution in [0.15, 0.2) is 36.4 Å². The number of hydrogen-bond acceptors (Lipinski definition) is 5. The van der Waals surface area contributed by atoms with Crippen LogP contribution in [0.1, 0.15) is 47.8 Å². The van der Waals surface area contributed by atoms with Crippen molar-refractivity contribution in [2.45, 2.75) is 55.3 Å². The molecular weight excluding hydrogens is 426 g/mol. The highest BCUT2D eigenvalue weighted by Gasteiger charge is 2.72. The van der Waals surface area contributed by atoms with Gasteiger partial charge in [0.1, 0.15) is 6.61 Å². The number of nitrogens with zero attached hydrogens (tertiary/aromatic N) is 1. The lowest BCUT2D eigenvalue weighted by molar-refractivity contribution is -0.173.